The molecule has 2 aromatic rings. The van der Waals surface area contributed by atoms with Gasteiger partial charge in [0, 0.05) is 10.9 Å². The first-order valence-electron chi connectivity index (χ1n) is 7.25. The normalized spacial score (nSPS) is 14.6. The molecular weight excluding hydrogens is 284 g/mol. The zero-order valence-corrected chi connectivity index (χ0v) is 13.1. The van der Waals surface area contributed by atoms with E-state index < -0.39 is 0 Å². The van der Waals surface area contributed by atoms with Crippen LogP contribution in [0.5, 0.6) is 0 Å². The van der Waals surface area contributed by atoms with Gasteiger partial charge >= 0.3 is 0 Å². The molecule has 0 unspecified atom stereocenters. The highest BCUT2D eigenvalue weighted by Crippen LogP contribution is 2.32. The van der Waals surface area contributed by atoms with Gasteiger partial charge in [-0.2, -0.15) is 5.10 Å². The molecule has 3 N–H and O–H groups in total. The summed E-state index contributed by atoms with van der Waals surface area (Å²) in [5, 5.41) is 9.10. The Morgan fingerprint density at radius 2 is 2.33 bits per heavy atom. The van der Waals surface area contributed by atoms with Gasteiger partial charge in [0.05, 0.1) is 17.9 Å². The molecule has 0 aromatic carbocycles. The highest BCUT2D eigenvalue weighted by atomic mass is 32.1. The molecule has 0 radical (unpaired) electrons. The SMILES string of the molecule is CC(C)c1[nH]nc(C(=O)N(Cc2cccs2)C2CC2)c1N. The van der Waals surface area contributed by atoms with E-state index in [1.165, 1.54) is 4.88 Å². The third-order valence-corrected chi connectivity index (χ3v) is 4.63. The van der Waals surface area contributed by atoms with E-state index in [2.05, 4.69) is 16.3 Å². The van der Waals surface area contributed by atoms with Crippen molar-refractivity contribution >= 4 is 22.9 Å². The van der Waals surface area contributed by atoms with E-state index in [1.807, 2.05) is 30.2 Å². The van der Waals surface area contributed by atoms with Crippen LogP contribution in [0.15, 0.2) is 17.5 Å². The lowest BCUT2D eigenvalue weighted by Gasteiger charge is -2.21. The maximum Gasteiger partial charge on any atom is 0.277 e. The minimum absolute atomic E-state index is 0.0634. The average Bonchev–Trinajstić information content (AvgIpc) is 3.01. The molecule has 3 rings (SSSR count). The van der Waals surface area contributed by atoms with Crippen LogP contribution in [-0.4, -0.2) is 27.0 Å². The summed E-state index contributed by atoms with van der Waals surface area (Å²) in [6, 6.07) is 4.40. The van der Waals surface area contributed by atoms with Gasteiger partial charge in [0.25, 0.3) is 5.91 Å². The quantitative estimate of drug-likeness (QED) is 0.891. The monoisotopic (exact) mass is 304 g/mol. The third-order valence-electron chi connectivity index (χ3n) is 3.77. The molecule has 0 atom stereocenters. The largest absolute Gasteiger partial charge is 0.395 e. The number of hydrogen-bond acceptors (Lipinski definition) is 4. The Bertz CT molecular complexity index is 628. The lowest BCUT2D eigenvalue weighted by Crippen LogP contribution is -2.33. The fourth-order valence-electron chi connectivity index (χ4n) is 2.43. The second kappa shape index (κ2) is 5.52. The van der Waals surface area contributed by atoms with Crippen molar-refractivity contribution in [3.8, 4) is 0 Å². The van der Waals surface area contributed by atoms with Crippen molar-refractivity contribution in [2.24, 2.45) is 0 Å². The molecule has 1 fully saturated rings. The molecular formula is C15H20N4OS. The van der Waals surface area contributed by atoms with Crippen LogP contribution >= 0.6 is 11.3 Å². The summed E-state index contributed by atoms with van der Waals surface area (Å²) < 4.78 is 0. The fourth-order valence-corrected chi connectivity index (χ4v) is 3.13. The van der Waals surface area contributed by atoms with Gasteiger partial charge in [0.15, 0.2) is 5.69 Å². The summed E-state index contributed by atoms with van der Waals surface area (Å²) in [4.78, 5) is 15.9. The molecule has 0 bridgehead atoms. The van der Waals surface area contributed by atoms with Crippen molar-refractivity contribution in [2.45, 2.75) is 45.2 Å². The lowest BCUT2D eigenvalue weighted by molar-refractivity contribution is 0.0726. The number of carbonyl (C=O) groups excluding carboxylic acids is 1. The first-order chi connectivity index (χ1) is 10.1. The Hall–Kier alpha value is -1.82. The number of amides is 1. The number of hydrogen-bond donors (Lipinski definition) is 2. The second-order valence-corrected chi connectivity index (χ2v) is 6.83. The maximum absolute atomic E-state index is 12.8. The number of rotatable bonds is 5. The molecule has 2 heterocycles. The van der Waals surface area contributed by atoms with E-state index in [9.17, 15) is 4.79 Å². The standard InChI is InChI=1S/C15H20N4OS/c1-9(2)13-12(16)14(18-17-13)15(20)19(10-5-6-10)8-11-4-3-7-21-11/h3-4,7,9-10H,5-6,8,16H2,1-2H3,(H,17,18). The Balaban J connectivity index is 1.84. The minimum atomic E-state index is -0.0634. The van der Waals surface area contributed by atoms with Crippen LogP contribution in [0.3, 0.4) is 0 Å². The summed E-state index contributed by atoms with van der Waals surface area (Å²) in [5.41, 5.74) is 7.79. The number of thiophene rings is 1. The predicted molar refractivity (Wildman–Crippen MR) is 84.3 cm³/mol. The van der Waals surface area contributed by atoms with Gasteiger partial charge in [0.1, 0.15) is 0 Å². The van der Waals surface area contributed by atoms with E-state index in [-0.39, 0.29) is 11.8 Å². The average molecular weight is 304 g/mol. The van der Waals surface area contributed by atoms with Crippen LogP contribution in [0.1, 0.15) is 53.7 Å². The number of aromatic amines is 1. The van der Waals surface area contributed by atoms with Crippen LogP contribution < -0.4 is 5.73 Å². The fraction of sp³-hybridized carbons (Fsp3) is 0.467. The number of nitrogen functional groups attached to an aromatic ring is 1. The van der Waals surface area contributed by atoms with Gasteiger partial charge < -0.3 is 10.6 Å². The number of nitrogens with zero attached hydrogens (tertiary/aromatic N) is 2. The highest BCUT2D eigenvalue weighted by Gasteiger charge is 2.35. The summed E-state index contributed by atoms with van der Waals surface area (Å²) in [6.07, 6.45) is 2.14. The number of aromatic nitrogens is 2. The number of carbonyl (C=O) groups is 1. The van der Waals surface area contributed by atoms with E-state index in [0.29, 0.717) is 24.0 Å². The van der Waals surface area contributed by atoms with Gasteiger partial charge in [-0.05, 0) is 30.2 Å². The summed E-state index contributed by atoms with van der Waals surface area (Å²) in [7, 11) is 0. The zero-order valence-electron chi connectivity index (χ0n) is 12.3. The molecule has 0 spiro atoms. The maximum atomic E-state index is 12.8. The van der Waals surface area contributed by atoms with Crippen LogP contribution in [0, 0.1) is 0 Å². The van der Waals surface area contributed by atoms with Crippen molar-refractivity contribution in [3.63, 3.8) is 0 Å². The summed E-state index contributed by atoms with van der Waals surface area (Å²) >= 11 is 1.67. The molecule has 1 amide bonds. The van der Waals surface area contributed by atoms with E-state index in [0.717, 1.165) is 18.5 Å². The van der Waals surface area contributed by atoms with Gasteiger partial charge in [-0.15, -0.1) is 11.3 Å². The Morgan fingerprint density at radius 3 is 2.86 bits per heavy atom. The third kappa shape index (κ3) is 2.81. The van der Waals surface area contributed by atoms with Gasteiger partial charge in [0.2, 0.25) is 0 Å². The molecule has 5 nitrogen and oxygen atoms in total. The van der Waals surface area contributed by atoms with Crippen molar-refractivity contribution in [1.29, 1.82) is 0 Å². The molecule has 1 aliphatic carbocycles. The highest BCUT2D eigenvalue weighted by molar-refractivity contribution is 7.09. The minimum Gasteiger partial charge on any atom is -0.395 e. The van der Waals surface area contributed by atoms with Gasteiger partial charge in [-0.3, -0.25) is 9.89 Å². The molecule has 1 aliphatic rings. The van der Waals surface area contributed by atoms with Crippen molar-refractivity contribution in [2.75, 3.05) is 5.73 Å². The molecule has 112 valence electrons. The molecule has 21 heavy (non-hydrogen) atoms. The molecule has 0 aliphatic heterocycles. The van der Waals surface area contributed by atoms with E-state index in [1.54, 1.807) is 11.3 Å². The van der Waals surface area contributed by atoms with Crippen LogP contribution in [0.2, 0.25) is 0 Å². The van der Waals surface area contributed by atoms with Crippen molar-refractivity contribution < 1.29 is 4.79 Å². The summed E-state index contributed by atoms with van der Waals surface area (Å²) in [5.74, 6) is 0.164. The molecule has 1 saturated carbocycles. The van der Waals surface area contributed by atoms with Crippen molar-refractivity contribution in [1.82, 2.24) is 15.1 Å². The van der Waals surface area contributed by atoms with Gasteiger partial charge in [-0.1, -0.05) is 19.9 Å². The number of anilines is 1. The van der Waals surface area contributed by atoms with Gasteiger partial charge in [-0.25, -0.2) is 0 Å². The molecule has 2 aromatic heterocycles. The predicted octanol–water partition coefficient (Wildman–Crippen LogP) is 2.98. The number of nitrogens with two attached hydrogens (primary N) is 1. The van der Waals surface area contributed by atoms with Crippen molar-refractivity contribution in [3.05, 3.63) is 33.8 Å². The molecule has 6 heteroatoms. The smallest absolute Gasteiger partial charge is 0.277 e. The topological polar surface area (TPSA) is 75.0 Å². The van der Waals surface area contributed by atoms with E-state index in [4.69, 9.17) is 5.73 Å². The number of nitrogens with one attached hydrogen (secondary N) is 1. The van der Waals surface area contributed by atoms with Crippen LogP contribution in [-0.2, 0) is 6.54 Å². The van der Waals surface area contributed by atoms with Crippen LogP contribution in [0.25, 0.3) is 0 Å². The first-order valence-corrected chi connectivity index (χ1v) is 8.13. The Labute approximate surface area is 128 Å². The zero-order chi connectivity index (χ0) is 15.0. The second-order valence-electron chi connectivity index (χ2n) is 5.80. The van der Waals surface area contributed by atoms with E-state index >= 15 is 0 Å². The van der Waals surface area contributed by atoms with Crippen LogP contribution in [0.4, 0.5) is 5.69 Å². The Kier molecular flexibility index (Phi) is 3.71. The first kappa shape index (κ1) is 14.1. The summed E-state index contributed by atoms with van der Waals surface area (Å²) in [6.45, 7) is 4.70. The Morgan fingerprint density at radius 1 is 1.57 bits per heavy atom. The lowest BCUT2D eigenvalue weighted by atomic mass is 10.1. The molecule has 0 saturated heterocycles. The number of H-pyrrole nitrogens is 1.